The van der Waals surface area contributed by atoms with E-state index in [2.05, 4.69) is 68.6 Å². The molecule has 0 spiro atoms. The zero-order valence-corrected chi connectivity index (χ0v) is 12.8. The first-order valence-corrected chi connectivity index (χ1v) is 7.45. The zero-order valence-electron chi connectivity index (χ0n) is 12.8. The van der Waals surface area contributed by atoms with Gasteiger partial charge in [0.15, 0.2) is 0 Å². The first-order valence-electron chi connectivity index (χ1n) is 7.45. The maximum atomic E-state index is 5.71. The molecule has 0 aliphatic rings. The fourth-order valence-electron chi connectivity index (χ4n) is 2.74. The van der Waals surface area contributed by atoms with Gasteiger partial charge in [0.2, 0.25) is 0 Å². The molecule has 2 heteroatoms. The SMILES string of the molecule is Cc1ccc2ccccc2c1-c1ccoc1CNC(C)C. The van der Waals surface area contributed by atoms with Gasteiger partial charge >= 0.3 is 0 Å². The summed E-state index contributed by atoms with van der Waals surface area (Å²) < 4.78 is 5.71. The molecule has 0 aliphatic heterocycles. The highest BCUT2D eigenvalue weighted by Gasteiger charge is 2.14. The van der Waals surface area contributed by atoms with Crippen molar-refractivity contribution in [3.63, 3.8) is 0 Å². The lowest BCUT2D eigenvalue weighted by Crippen LogP contribution is -2.21. The topological polar surface area (TPSA) is 25.2 Å². The Bertz CT molecular complexity index is 755. The lowest BCUT2D eigenvalue weighted by Gasteiger charge is -2.12. The molecule has 0 fully saturated rings. The van der Waals surface area contributed by atoms with E-state index in [1.807, 2.05) is 0 Å². The van der Waals surface area contributed by atoms with Crippen LogP contribution in [0.15, 0.2) is 53.1 Å². The second-order valence-corrected chi connectivity index (χ2v) is 5.77. The summed E-state index contributed by atoms with van der Waals surface area (Å²) in [5.74, 6) is 1.00. The Hall–Kier alpha value is -2.06. The lowest BCUT2D eigenvalue weighted by atomic mass is 9.94. The maximum Gasteiger partial charge on any atom is 0.125 e. The molecular formula is C19H21NO. The van der Waals surface area contributed by atoms with Crippen molar-refractivity contribution in [3.8, 4) is 11.1 Å². The van der Waals surface area contributed by atoms with Crippen molar-refractivity contribution in [1.29, 1.82) is 0 Å². The van der Waals surface area contributed by atoms with Gasteiger partial charge in [0, 0.05) is 11.6 Å². The summed E-state index contributed by atoms with van der Waals surface area (Å²) in [5, 5.41) is 5.98. The Kier molecular flexibility index (Phi) is 3.80. The van der Waals surface area contributed by atoms with Gasteiger partial charge in [0.05, 0.1) is 12.8 Å². The van der Waals surface area contributed by atoms with E-state index in [1.54, 1.807) is 6.26 Å². The van der Waals surface area contributed by atoms with Gasteiger partial charge in [-0.05, 0) is 34.9 Å². The van der Waals surface area contributed by atoms with E-state index in [4.69, 9.17) is 4.42 Å². The van der Waals surface area contributed by atoms with E-state index in [1.165, 1.54) is 27.5 Å². The molecule has 3 rings (SSSR count). The molecule has 0 atom stereocenters. The Labute approximate surface area is 125 Å². The van der Waals surface area contributed by atoms with Crippen LogP contribution >= 0.6 is 0 Å². The summed E-state index contributed by atoms with van der Waals surface area (Å²) in [4.78, 5) is 0. The fraction of sp³-hybridized carbons (Fsp3) is 0.263. The summed E-state index contributed by atoms with van der Waals surface area (Å²) in [6.07, 6.45) is 1.79. The first-order chi connectivity index (χ1) is 10.2. The molecule has 108 valence electrons. The fourth-order valence-corrected chi connectivity index (χ4v) is 2.74. The maximum absolute atomic E-state index is 5.71. The molecular weight excluding hydrogens is 258 g/mol. The van der Waals surface area contributed by atoms with Crippen LogP contribution in [0.3, 0.4) is 0 Å². The smallest absolute Gasteiger partial charge is 0.125 e. The van der Waals surface area contributed by atoms with Crippen molar-refractivity contribution >= 4 is 10.8 Å². The molecule has 21 heavy (non-hydrogen) atoms. The number of hydrogen-bond acceptors (Lipinski definition) is 2. The predicted octanol–water partition coefficient (Wildman–Crippen LogP) is 4.91. The molecule has 0 bridgehead atoms. The van der Waals surface area contributed by atoms with Crippen LogP contribution in [-0.2, 0) is 6.54 Å². The monoisotopic (exact) mass is 279 g/mol. The average molecular weight is 279 g/mol. The number of hydrogen-bond donors (Lipinski definition) is 1. The summed E-state index contributed by atoms with van der Waals surface area (Å²) in [5.41, 5.74) is 3.75. The molecule has 3 aromatic rings. The number of nitrogens with one attached hydrogen (secondary N) is 1. The molecule has 2 aromatic carbocycles. The number of aryl methyl sites for hydroxylation is 1. The van der Waals surface area contributed by atoms with Gasteiger partial charge in [-0.1, -0.05) is 50.2 Å². The lowest BCUT2D eigenvalue weighted by molar-refractivity contribution is 0.466. The molecule has 1 heterocycles. The number of benzene rings is 2. The summed E-state index contributed by atoms with van der Waals surface area (Å²) in [7, 11) is 0. The van der Waals surface area contributed by atoms with Gasteiger partial charge in [-0.2, -0.15) is 0 Å². The second kappa shape index (κ2) is 5.74. The predicted molar refractivity (Wildman–Crippen MR) is 88.4 cm³/mol. The summed E-state index contributed by atoms with van der Waals surface area (Å²) in [6, 6.07) is 15.4. The zero-order chi connectivity index (χ0) is 14.8. The molecule has 0 aliphatic carbocycles. The van der Waals surface area contributed by atoms with Crippen molar-refractivity contribution in [2.45, 2.75) is 33.4 Å². The minimum Gasteiger partial charge on any atom is -0.467 e. The molecule has 0 amide bonds. The second-order valence-electron chi connectivity index (χ2n) is 5.77. The number of fused-ring (bicyclic) bond motifs is 1. The Morgan fingerprint density at radius 1 is 1.05 bits per heavy atom. The van der Waals surface area contributed by atoms with Crippen molar-refractivity contribution < 1.29 is 4.42 Å². The third-order valence-corrected chi connectivity index (χ3v) is 3.82. The van der Waals surface area contributed by atoms with Crippen LogP contribution in [-0.4, -0.2) is 6.04 Å². The largest absolute Gasteiger partial charge is 0.467 e. The van der Waals surface area contributed by atoms with Gasteiger partial charge in [0.25, 0.3) is 0 Å². The van der Waals surface area contributed by atoms with Gasteiger partial charge in [-0.3, -0.25) is 0 Å². The van der Waals surface area contributed by atoms with Crippen molar-refractivity contribution in [2.75, 3.05) is 0 Å². The van der Waals surface area contributed by atoms with E-state index in [0.717, 1.165) is 12.3 Å². The van der Waals surface area contributed by atoms with Crippen LogP contribution < -0.4 is 5.32 Å². The van der Waals surface area contributed by atoms with Gasteiger partial charge in [-0.25, -0.2) is 0 Å². The van der Waals surface area contributed by atoms with E-state index in [9.17, 15) is 0 Å². The number of rotatable bonds is 4. The van der Waals surface area contributed by atoms with Gasteiger partial charge in [-0.15, -0.1) is 0 Å². The van der Waals surface area contributed by atoms with Gasteiger partial charge in [0.1, 0.15) is 5.76 Å². The minimum absolute atomic E-state index is 0.441. The molecule has 0 unspecified atom stereocenters. The Morgan fingerprint density at radius 2 is 1.86 bits per heavy atom. The van der Waals surface area contributed by atoms with E-state index in [-0.39, 0.29) is 0 Å². The molecule has 0 saturated heterocycles. The molecule has 0 radical (unpaired) electrons. The third kappa shape index (κ3) is 2.72. The van der Waals surface area contributed by atoms with E-state index >= 15 is 0 Å². The third-order valence-electron chi connectivity index (χ3n) is 3.82. The van der Waals surface area contributed by atoms with E-state index in [0.29, 0.717) is 6.04 Å². The number of furan rings is 1. The summed E-state index contributed by atoms with van der Waals surface area (Å²) in [6.45, 7) is 7.20. The normalized spacial score (nSPS) is 11.4. The summed E-state index contributed by atoms with van der Waals surface area (Å²) >= 11 is 0. The average Bonchev–Trinajstić information content (AvgIpc) is 2.93. The van der Waals surface area contributed by atoms with Crippen LogP contribution in [0, 0.1) is 6.92 Å². The van der Waals surface area contributed by atoms with Crippen LogP contribution in [0.4, 0.5) is 0 Å². The standard InChI is InChI=1S/C19H21NO/c1-13(2)20-12-18-17(10-11-21-18)19-14(3)8-9-15-6-4-5-7-16(15)19/h4-11,13,20H,12H2,1-3H3. The molecule has 0 saturated carbocycles. The van der Waals surface area contributed by atoms with Crippen molar-refractivity contribution in [3.05, 3.63) is 60.1 Å². The van der Waals surface area contributed by atoms with Crippen molar-refractivity contribution in [2.24, 2.45) is 0 Å². The highest BCUT2D eigenvalue weighted by atomic mass is 16.3. The molecule has 1 N–H and O–H groups in total. The van der Waals surface area contributed by atoms with Crippen LogP contribution in [0.1, 0.15) is 25.2 Å². The molecule has 2 nitrogen and oxygen atoms in total. The minimum atomic E-state index is 0.441. The van der Waals surface area contributed by atoms with Crippen LogP contribution in [0.5, 0.6) is 0 Å². The van der Waals surface area contributed by atoms with E-state index < -0.39 is 0 Å². The van der Waals surface area contributed by atoms with Crippen LogP contribution in [0.25, 0.3) is 21.9 Å². The highest BCUT2D eigenvalue weighted by molar-refractivity contribution is 5.98. The van der Waals surface area contributed by atoms with Gasteiger partial charge < -0.3 is 9.73 Å². The van der Waals surface area contributed by atoms with Crippen molar-refractivity contribution in [1.82, 2.24) is 5.32 Å². The molecule has 1 aromatic heterocycles. The Balaban J connectivity index is 2.13. The highest BCUT2D eigenvalue weighted by Crippen LogP contribution is 2.34. The first kappa shape index (κ1) is 13.9. The quantitative estimate of drug-likeness (QED) is 0.734. The Morgan fingerprint density at radius 3 is 2.67 bits per heavy atom. The van der Waals surface area contributed by atoms with Crippen LogP contribution in [0.2, 0.25) is 0 Å².